The molecule has 0 aliphatic carbocycles. The summed E-state index contributed by atoms with van der Waals surface area (Å²) in [6.07, 6.45) is 4.61. The largest absolute Gasteiger partial charge is 0.506 e. The highest BCUT2D eigenvalue weighted by molar-refractivity contribution is 5.95. The minimum atomic E-state index is -0.411. The number of pyridine rings is 3. The predicted octanol–water partition coefficient (Wildman–Crippen LogP) is 4.48. The van der Waals surface area contributed by atoms with Crippen LogP contribution >= 0.6 is 0 Å². The number of hydrogen-bond acceptors (Lipinski definition) is 7. The van der Waals surface area contributed by atoms with Crippen LogP contribution in [0.25, 0.3) is 56.1 Å². The zero-order chi connectivity index (χ0) is 23.2. The first-order valence-electron chi connectivity index (χ1n) is 10.3. The van der Waals surface area contributed by atoms with Crippen LogP contribution in [0.5, 0.6) is 11.5 Å². The lowest BCUT2D eigenvalue weighted by Crippen LogP contribution is -1.89. The topological polar surface area (TPSA) is 125 Å². The van der Waals surface area contributed by atoms with E-state index in [1.165, 1.54) is 25.4 Å². The molecular formula is C24H16FN7O2. The molecule has 9 nitrogen and oxygen atoms in total. The van der Waals surface area contributed by atoms with E-state index in [1.54, 1.807) is 30.6 Å². The van der Waals surface area contributed by atoms with Gasteiger partial charge in [-0.1, -0.05) is 0 Å². The van der Waals surface area contributed by atoms with Gasteiger partial charge in [0.25, 0.3) is 0 Å². The molecule has 0 saturated heterocycles. The Bertz CT molecular complexity index is 1690. The number of imidazole rings is 1. The first-order chi connectivity index (χ1) is 16.6. The summed E-state index contributed by atoms with van der Waals surface area (Å²) in [5, 5.41) is 17.1. The fourth-order valence-electron chi connectivity index (χ4n) is 3.88. The summed E-state index contributed by atoms with van der Waals surface area (Å²) < 4.78 is 19.4. The van der Waals surface area contributed by atoms with Crippen LogP contribution in [0.4, 0.5) is 4.39 Å². The summed E-state index contributed by atoms with van der Waals surface area (Å²) in [7, 11) is 1.49. The van der Waals surface area contributed by atoms with E-state index < -0.39 is 5.82 Å². The lowest BCUT2D eigenvalue weighted by molar-refractivity contribution is 0.411. The lowest BCUT2D eigenvalue weighted by atomic mass is 10.1. The number of aromatic hydroxyl groups is 1. The van der Waals surface area contributed by atoms with Gasteiger partial charge in [-0.05, 0) is 42.0 Å². The monoisotopic (exact) mass is 453 g/mol. The van der Waals surface area contributed by atoms with Gasteiger partial charge in [-0.15, -0.1) is 0 Å². The van der Waals surface area contributed by atoms with Crippen molar-refractivity contribution in [2.45, 2.75) is 0 Å². The number of benzene rings is 1. The smallest absolute Gasteiger partial charge is 0.162 e. The minimum Gasteiger partial charge on any atom is -0.506 e. The maximum atomic E-state index is 14.1. The van der Waals surface area contributed by atoms with E-state index in [0.717, 1.165) is 5.52 Å². The molecule has 0 amide bonds. The average Bonchev–Trinajstić information content (AvgIpc) is 3.47. The second-order valence-corrected chi connectivity index (χ2v) is 7.62. The Hall–Kier alpha value is -4.86. The number of halogens is 1. The second kappa shape index (κ2) is 7.62. The van der Waals surface area contributed by atoms with Gasteiger partial charge >= 0.3 is 0 Å². The fraction of sp³-hybridized carbons (Fsp3) is 0.0417. The molecule has 3 N–H and O–H groups in total. The van der Waals surface area contributed by atoms with Crippen molar-refractivity contribution in [3.8, 4) is 45.4 Å². The van der Waals surface area contributed by atoms with E-state index >= 15 is 0 Å². The number of nitrogens with zero attached hydrogens (tertiary/aromatic N) is 5. The van der Waals surface area contributed by atoms with Gasteiger partial charge in [-0.3, -0.25) is 10.1 Å². The van der Waals surface area contributed by atoms with Crippen LogP contribution in [-0.2, 0) is 0 Å². The molecule has 6 rings (SSSR count). The molecule has 0 atom stereocenters. The van der Waals surface area contributed by atoms with E-state index in [-0.39, 0.29) is 5.75 Å². The van der Waals surface area contributed by atoms with E-state index in [1.807, 2.05) is 12.1 Å². The highest BCUT2D eigenvalue weighted by atomic mass is 19.1. The highest BCUT2D eigenvalue weighted by Gasteiger charge is 2.18. The number of ether oxygens (including phenoxy) is 1. The van der Waals surface area contributed by atoms with Crippen molar-refractivity contribution in [1.82, 2.24) is 35.1 Å². The molecule has 0 aliphatic rings. The number of aromatic nitrogens is 7. The van der Waals surface area contributed by atoms with Crippen molar-refractivity contribution >= 4 is 22.2 Å². The van der Waals surface area contributed by atoms with Gasteiger partial charge in [0.2, 0.25) is 0 Å². The molecule has 6 aromatic rings. The Morgan fingerprint density at radius 2 is 1.88 bits per heavy atom. The molecular weight excluding hydrogens is 437 g/mol. The molecule has 5 heterocycles. The van der Waals surface area contributed by atoms with Gasteiger partial charge in [-0.2, -0.15) is 5.10 Å². The number of aromatic amines is 2. The van der Waals surface area contributed by atoms with Crippen LogP contribution in [0, 0.1) is 5.82 Å². The summed E-state index contributed by atoms with van der Waals surface area (Å²) in [5.41, 5.74) is 5.52. The molecule has 0 aliphatic heterocycles. The molecule has 0 fully saturated rings. The van der Waals surface area contributed by atoms with Crippen molar-refractivity contribution in [2.75, 3.05) is 7.11 Å². The molecule has 0 saturated carbocycles. The molecule has 0 bridgehead atoms. The van der Waals surface area contributed by atoms with Gasteiger partial charge < -0.3 is 14.8 Å². The van der Waals surface area contributed by atoms with Crippen LogP contribution < -0.4 is 4.74 Å². The van der Waals surface area contributed by atoms with Crippen LogP contribution in [-0.4, -0.2) is 47.3 Å². The SMILES string of the molecule is COc1cc(F)cc(-c2ccnc3[nH]c(-c4n[nH]c5ccc(-c6cncc(O)c6)nc45)nc23)c1. The first-order valence-corrected chi connectivity index (χ1v) is 10.3. The van der Waals surface area contributed by atoms with Gasteiger partial charge in [0, 0.05) is 29.6 Å². The van der Waals surface area contributed by atoms with Crippen molar-refractivity contribution in [3.63, 3.8) is 0 Å². The maximum absolute atomic E-state index is 14.1. The molecule has 0 radical (unpaired) electrons. The van der Waals surface area contributed by atoms with Gasteiger partial charge in [0.1, 0.15) is 28.3 Å². The zero-order valence-corrected chi connectivity index (χ0v) is 17.7. The Balaban J connectivity index is 1.50. The third-order valence-corrected chi connectivity index (χ3v) is 5.45. The average molecular weight is 453 g/mol. The van der Waals surface area contributed by atoms with E-state index in [9.17, 15) is 9.50 Å². The Morgan fingerprint density at radius 1 is 0.971 bits per heavy atom. The van der Waals surface area contributed by atoms with E-state index in [4.69, 9.17) is 14.7 Å². The summed E-state index contributed by atoms with van der Waals surface area (Å²) in [6, 6.07) is 11.5. The normalized spacial score (nSPS) is 11.4. The first kappa shape index (κ1) is 19.8. The Labute approximate surface area is 191 Å². The molecule has 10 heteroatoms. The molecule has 5 aromatic heterocycles. The predicted molar refractivity (Wildman–Crippen MR) is 124 cm³/mol. The summed E-state index contributed by atoms with van der Waals surface area (Å²) in [6.45, 7) is 0. The minimum absolute atomic E-state index is 0.0525. The van der Waals surface area contributed by atoms with Crippen molar-refractivity contribution in [1.29, 1.82) is 0 Å². The van der Waals surface area contributed by atoms with Gasteiger partial charge in [-0.25, -0.2) is 19.3 Å². The Kier molecular flexibility index (Phi) is 4.44. The number of nitrogens with one attached hydrogen (secondary N) is 2. The summed E-state index contributed by atoms with van der Waals surface area (Å²) >= 11 is 0. The van der Waals surface area contributed by atoms with Gasteiger partial charge in [0.15, 0.2) is 17.2 Å². The molecule has 0 spiro atoms. The number of methoxy groups -OCH3 is 1. The standard InChI is InChI=1S/C24H16FN7O2/c1-34-16-8-12(6-14(25)9-16)17-4-5-27-23-20(17)29-24(30-23)22-21-19(31-32-22)3-2-18(28-21)13-7-15(33)11-26-10-13/h2-11,33H,1H3,(H,31,32)(H,27,29,30). The summed E-state index contributed by atoms with van der Waals surface area (Å²) in [5.74, 6) is 0.513. The van der Waals surface area contributed by atoms with Crippen molar-refractivity contribution in [3.05, 3.63) is 66.9 Å². The number of fused-ring (bicyclic) bond motifs is 2. The number of rotatable bonds is 4. The Morgan fingerprint density at radius 3 is 2.74 bits per heavy atom. The lowest BCUT2D eigenvalue weighted by Gasteiger charge is -2.06. The van der Waals surface area contributed by atoms with Crippen LogP contribution in [0.15, 0.2) is 61.1 Å². The van der Waals surface area contributed by atoms with Crippen molar-refractivity contribution < 1.29 is 14.2 Å². The highest BCUT2D eigenvalue weighted by Crippen LogP contribution is 2.33. The number of hydrogen-bond donors (Lipinski definition) is 3. The van der Waals surface area contributed by atoms with Crippen LogP contribution in [0.1, 0.15) is 0 Å². The zero-order valence-electron chi connectivity index (χ0n) is 17.7. The summed E-state index contributed by atoms with van der Waals surface area (Å²) in [4.78, 5) is 21.0. The van der Waals surface area contributed by atoms with Gasteiger partial charge in [0.05, 0.1) is 24.5 Å². The van der Waals surface area contributed by atoms with Crippen molar-refractivity contribution in [2.24, 2.45) is 0 Å². The van der Waals surface area contributed by atoms with E-state index in [0.29, 0.717) is 56.3 Å². The fourth-order valence-corrected chi connectivity index (χ4v) is 3.88. The van der Waals surface area contributed by atoms with Crippen LogP contribution in [0.3, 0.4) is 0 Å². The molecule has 1 aromatic carbocycles. The molecule has 34 heavy (non-hydrogen) atoms. The molecule has 166 valence electrons. The molecule has 0 unspecified atom stereocenters. The third kappa shape index (κ3) is 3.28. The quantitative estimate of drug-likeness (QED) is 0.359. The maximum Gasteiger partial charge on any atom is 0.162 e. The number of H-pyrrole nitrogens is 2. The second-order valence-electron chi connectivity index (χ2n) is 7.62. The van der Waals surface area contributed by atoms with E-state index in [2.05, 4.69) is 25.1 Å². The van der Waals surface area contributed by atoms with Crippen LogP contribution in [0.2, 0.25) is 0 Å². The third-order valence-electron chi connectivity index (χ3n) is 5.45.